The van der Waals surface area contributed by atoms with Crippen LogP contribution in [0.1, 0.15) is 16.7 Å². The second kappa shape index (κ2) is 7.17. The van der Waals surface area contributed by atoms with Crippen LogP contribution < -0.4 is 4.72 Å². The summed E-state index contributed by atoms with van der Waals surface area (Å²) in [6, 6.07) is 18.5. The third-order valence-corrected chi connectivity index (χ3v) is 5.42. The number of hydrogen-bond donors (Lipinski definition) is 1. The van der Waals surface area contributed by atoms with Crippen molar-refractivity contribution in [2.75, 3.05) is 0 Å². The van der Waals surface area contributed by atoms with Gasteiger partial charge in [0.25, 0.3) is 0 Å². The molecule has 0 atom stereocenters. The zero-order valence-electron chi connectivity index (χ0n) is 14.2. The first kappa shape index (κ1) is 17.3. The zero-order chi connectivity index (χ0) is 17.9. The molecule has 0 bridgehead atoms. The summed E-state index contributed by atoms with van der Waals surface area (Å²) in [4.78, 5) is 4.69. The van der Waals surface area contributed by atoms with Gasteiger partial charge in [-0.3, -0.25) is 4.98 Å². The van der Waals surface area contributed by atoms with Crippen molar-refractivity contribution < 1.29 is 8.42 Å². The van der Waals surface area contributed by atoms with E-state index >= 15 is 0 Å². The van der Waals surface area contributed by atoms with Crippen LogP contribution in [0.3, 0.4) is 0 Å². The van der Waals surface area contributed by atoms with Gasteiger partial charge in [0.05, 0.1) is 10.6 Å². The highest BCUT2D eigenvalue weighted by atomic mass is 32.2. The van der Waals surface area contributed by atoms with Crippen molar-refractivity contribution in [2.45, 2.75) is 25.3 Å². The van der Waals surface area contributed by atoms with Gasteiger partial charge >= 0.3 is 0 Å². The monoisotopic (exact) mass is 352 g/mol. The molecule has 0 aliphatic carbocycles. The van der Waals surface area contributed by atoms with Crippen LogP contribution in [0.2, 0.25) is 0 Å². The largest absolute Gasteiger partial charge is 0.256 e. The Kier molecular flexibility index (Phi) is 4.97. The average molecular weight is 352 g/mol. The van der Waals surface area contributed by atoms with Crippen molar-refractivity contribution in [1.29, 1.82) is 0 Å². The van der Waals surface area contributed by atoms with E-state index in [9.17, 15) is 8.42 Å². The molecule has 1 N–H and O–H groups in total. The number of aromatic nitrogens is 1. The van der Waals surface area contributed by atoms with E-state index in [1.165, 1.54) is 5.56 Å². The van der Waals surface area contributed by atoms with Gasteiger partial charge in [0.15, 0.2) is 0 Å². The Labute approximate surface area is 148 Å². The van der Waals surface area contributed by atoms with E-state index in [1.54, 1.807) is 30.5 Å². The summed E-state index contributed by atoms with van der Waals surface area (Å²) < 4.78 is 27.6. The lowest BCUT2D eigenvalue weighted by Crippen LogP contribution is -2.23. The Morgan fingerprint density at radius 2 is 1.48 bits per heavy atom. The molecule has 1 heterocycles. The number of hydrogen-bond acceptors (Lipinski definition) is 3. The average Bonchev–Trinajstić information content (AvgIpc) is 2.61. The van der Waals surface area contributed by atoms with Gasteiger partial charge in [-0.15, -0.1) is 0 Å². The number of sulfonamides is 1. The van der Waals surface area contributed by atoms with Crippen LogP contribution in [0.15, 0.2) is 71.8 Å². The first-order chi connectivity index (χ1) is 12.0. The first-order valence-corrected chi connectivity index (χ1v) is 9.51. The minimum Gasteiger partial charge on any atom is -0.256 e. The molecule has 4 nitrogen and oxygen atoms in total. The van der Waals surface area contributed by atoms with E-state index < -0.39 is 10.0 Å². The van der Waals surface area contributed by atoms with Crippen molar-refractivity contribution in [3.05, 3.63) is 83.6 Å². The lowest BCUT2D eigenvalue weighted by molar-refractivity contribution is 0.581. The fraction of sp³-hybridized carbons (Fsp3) is 0.150. The van der Waals surface area contributed by atoms with E-state index in [0.717, 1.165) is 22.4 Å². The smallest absolute Gasteiger partial charge is 0.240 e. The fourth-order valence-electron chi connectivity index (χ4n) is 2.53. The second-order valence-electron chi connectivity index (χ2n) is 6.01. The van der Waals surface area contributed by atoms with E-state index in [2.05, 4.69) is 9.71 Å². The molecule has 0 saturated carbocycles. The van der Waals surface area contributed by atoms with Crippen molar-refractivity contribution in [3.63, 3.8) is 0 Å². The van der Waals surface area contributed by atoms with Crippen molar-refractivity contribution >= 4 is 10.0 Å². The molecule has 3 aromatic rings. The molecule has 1 aromatic heterocycles. The van der Waals surface area contributed by atoms with Gasteiger partial charge in [-0.05, 0) is 37.6 Å². The van der Waals surface area contributed by atoms with Crippen LogP contribution in [0.5, 0.6) is 0 Å². The van der Waals surface area contributed by atoms with Crippen LogP contribution in [0.25, 0.3) is 11.3 Å². The number of pyridine rings is 1. The summed E-state index contributed by atoms with van der Waals surface area (Å²) in [5, 5.41) is 0. The number of benzene rings is 2. The maximum atomic E-state index is 12.5. The SMILES string of the molecule is Cc1ccc(-c2ncccc2CNS(=O)(=O)c2ccc(C)cc2)cc1. The van der Waals surface area contributed by atoms with Crippen LogP contribution in [-0.4, -0.2) is 13.4 Å². The van der Waals surface area contributed by atoms with Crippen LogP contribution in [0, 0.1) is 13.8 Å². The number of aryl methyl sites for hydroxylation is 2. The standard InChI is InChI=1S/C20H20N2O2S/c1-15-5-9-17(10-6-15)20-18(4-3-13-21-20)14-22-25(23,24)19-11-7-16(2)8-12-19/h3-13,22H,14H2,1-2H3. The van der Waals surface area contributed by atoms with Gasteiger partial charge < -0.3 is 0 Å². The summed E-state index contributed by atoms with van der Waals surface area (Å²) in [5.74, 6) is 0. The molecule has 0 radical (unpaired) electrons. The minimum atomic E-state index is -3.56. The summed E-state index contributed by atoms with van der Waals surface area (Å²) in [6.45, 7) is 4.14. The van der Waals surface area contributed by atoms with E-state index in [-0.39, 0.29) is 11.4 Å². The van der Waals surface area contributed by atoms with E-state index in [1.807, 2.05) is 50.2 Å². The molecule has 2 aromatic carbocycles. The van der Waals surface area contributed by atoms with E-state index in [4.69, 9.17) is 0 Å². The Hall–Kier alpha value is -2.50. The molecule has 0 saturated heterocycles. The molecular formula is C20H20N2O2S. The molecule has 0 aliphatic heterocycles. The molecule has 25 heavy (non-hydrogen) atoms. The number of nitrogens with one attached hydrogen (secondary N) is 1. The molecule has 128 valence electrons. The van der Waals surface area contributed by atoms with Gasteiger partial charge in [0, 0.05) is 18.3 Å². The minimum absolute atomic E-state index is 0.188. The van der Waals surface area contributed by atoms with Crippen LogP contribution in [-0.2, 0) is 16.6 Å². The first-order valence-electron chi connectivity index (χ1n) is 8.03. The Morgan fingerprint density at radius 3 is 2.12 bits per heavy atom. The lowest BCUT2D eigenvalue weighted by Gasteiger charge is -2.11. The fourth-order valence-corrected chi connectivity index (χ4v) is 3.53. The molecule has 3 rings (SSSR count). The van der Waals surface area contributed by atoms with E-state index in [0.29, 0.717) is 0 Å². The third kappa shape index (κ3) is 4.13. The summed E-state index contributed by atoms with van der Waals surface area (Å²) in [6.07, 6.45) is 1.72. The van der Waals surface area contributed by atoms with Crippen molar-refractivity contribution in [1.82, 2.24) is 9.71 Å². The molecule has 0 spiro atoms. The predicted octanol–water partition coefficient (Wildman–Crippen LogP) is 3.84. The molecule has 0 fully saturated rings. The Morgan fingerprint density at radius 1 is 0.880 bits per heavy atom. The van der Waals surface area contributed by atoms with Gasteiger partial charge in [0.2, 0.25) is 10.0 Å². The topological polar surface area (TPSA) is 59.1 Å². The van der Waals surface area contributed by atoms with Gasteiger partial charge in [-0.25, -0.2) is 13.1 Å². The second-order valence-corrected chi connectivity index (χ2v) is 7.78. The third-order valence-electron chi connectivity index (χ3n) is 4.00. The normalized spacial score (nSPS) is 11.4. The van der Waals surface area contributed by atoms with Crippen LogP contribution in [0.4, 0.5) is 0 Å². The van der Waals surface area contributed by atoms with Crippen LogP contribution >= 0.6 is 0 Å². The van der Waals surface area contributed by atoms with Gasteiger partial charge in [0.1, 0.15) is 0 Å². The summed E-state index contributed by atoms with van der Waals surface area (Å²) in [5.41, 5.74) is 4.78. The highest BCUT2D eigenvalue weighted by Gasteiger charge is 2.15. The molecule has 0 aliphatic rings. The molecule has 0 amide bonds. The van der Waals surface area contributed by atoms with Gasteiger partial charge in [-0.1, -0.05) is 53.6 Å². The zero-order valence-corrected chi connectivity index (χ0v) is 15.0. The quantitative estimate of drug-likeness (QED) is 0.759. The van der Waals surface area contributed by atoms with Crippen molar-refractivity contribution in [3.8, 4) is 11.3 Å². The number of rotatable bonds is 5. The predicted molar refractivity (Wildman–Crippen MR) is 99.6 cm³/mol. The molecule has 0 unspecified atom stereocenters. The maximum Gasteiger partial charge on any atom is 0.240 e. The highest BCUT2D eigenvalue weighted by Crippen LogP contribution is 2.22. The Balaban J connectivity index is 1.84. The van der Waals surface area contributed by atoms with Crippen molar-refractivity contribution in [2.24, 2.45) is 0 Å². The lowest BCUT2D eigenvalue weighted by atomic mass is 10.0. The Bertz CT molecular complexity index is 963. The maximum absolute atomic E-state index is 12.5. The summed E-state index contributed by atoms with van der Waals surface area (Å²) >= 11 is 0. The van der Waals surface area contributed by atoms with Gasteiger partial charge in [-0.2, -0.15) is 0 Å². The summed E-state index contributed by atoms with van der Waals surface area (Å²) in [7, 11) is -3.56. The highest BCUT2D eigenvalue weighted by molar-refractivity contribution is 7.89. The number of nitrogens with zero attached hydrogens (tertiary/aromatic N) is 1. The molecular weight excluding hydrogens is 332 g/mol. The molecule has 5 heteroatoms.